The molecule has 0 spiro atoms. The molecule has 0 saturated carbocycles. The SMILES string of the molecule is CN(c1ccccc1)c1ccc2c(-c3ccccc3S(=O)(=O)N3CCC(C(=O)NCCCCCN)CC3)c3ccc(N(C)c4ccccc4)cc3[o+]c2c1.[Cl-]. The smallest absolute Gasteiger partial charge is 0.363 e. The number of nitrogens with one attached hydrogen (secondary N) is 1. The van der Waals surface area contributed by atoms with Crippen LogP contribution in [0.4, 0.5) is 22.7 Å². The fourth-order valence-electron chi connectivity index (χ4n) is 7.37. The number of carbonyl (C=O) groups is 1. The summed E-state index contributed by atoms with van der Waals surface area (Å²) < 4.78 is 37.4. The number of nitrogens with two attached hydrogens (primary N) is 1. The first-order valence-corrected chi connectivity index (χ1v) is 20.2. The molecule has 1 aliphatic rings. The van der Waals surface area contributed by atoms with Gasteiger partial charge in [0.05, 0.1) is 39.2 Å². The average Bonchev–Trinajstić information content (AvgIpc) is 3.22. The summed E-state index contributed by atoms with van der Waals surface area (Å²) in [6, 6.07) is 39.7. The van der Waals surface area contributed by atoms with Gasteiger partial charge in [-0.05, 0) is 86.8 Å². The number of hydrogen-bond donors (Lipinski definition) is 2. The normalized spacial score (nSPS) is 13.7. The van der Waals surface area contributed by atoms with E-state index in [0.717, 1.165) is 58.3 Å². The lowest BCUT2D eigenvalue weighted by Gasteiger charge is -2.31. The summed E-state index contributed by atoms with van der Waals surface area (Å²) in [5.41, 5.74) is 12.2. The monoisotopic (exact) mass is 777 g/mol. The second-order valence-electron chi connectivity index (χ2n) is 13.9. The number of sulfonamides is 1. The summed E-state index contributed by atoms with van der Waals surface area (Å²) in [5.74, 6) is -0.211. The van der Waals surface area contributed by atoms with Crippen LogP contribution in [0.3, 0.4) is 0 Å². The minimum atomic E-state index is -3.93. The lowest BCUT2D eigenvalue weighted by molar-refractivity contribution is -0.126. The van der Waals surface area contributed by atoms with E-state index < -0.39 is 10.0 Å². The van der Waals surface area contributed by atoms with Crippen LogP contribution in [0.2, 0.25) is 0 Å². The van der Waals surface area contributed by atoms with Crippen molar-refractivity contribution in [2.24, 2.45) is 11.7 Å². The van der Waals surface area contributed by atoms with E-state index in [4.69, 9.17) is 10.2 Å². The van der Waals surface area contributed by atoms with E-state index >= 15 is 0 Å². The van der Waals surface area contributed by atoms with Gasteiger partial charge in [-0.1, -0.05) is 61.0 Å². The lowest BCUT2D eigenvalue weighted by Crippen LogP contribution is -3.00. The van der Waals surface area contributed by atoms with Crippen LogP contribution in [0.5, 0.6) is 0 Å². The van der Waals surface area contributed by atoms with Crippen molar-refractivity contribution in [3.05, 3.63) is 121 Å². The van der Waals surface area contributed by atoms with Gasteiger partial charge < -0.3 is 33.3 Å². The highest BCUT2D eigenvalue weighted by atomic mass is 35.5. The Bertz CT molecular complexity index is 2250. The largest absolute Gasteiger partial charge is 1.00 e. The van der Waals surface area contributed by atoms with Crippen LogP contribution in [0.25, 0.3) is 33.1 Å². The van der Waals surface area contributed by atoms with Crippen LogP contribution in [0.15, 0.2) is 131 Å². The van der Waals surface area contributed by atoms with Crippen LogP contribution in [-0.4, -0.2) is 58.9 Å². The molecule has 0 aliphatic carbocycles. The Morgan fingerprint density at radius 2 is 1.25 bits per heavy atom. The highest BCUT2D eigenvalue weighted by Crippen LogP contribution is 2.43. The van der Waals surface area contributed by atoms with Gasteiger partial charge in [-0.15, -0.1) is 0 Å². The standard InChI is InChI=1S/C44H47N5O4S.ClH/c1-47(33-14-6-3-7-15-33)35-20-22-37-40(30-35)53-41-31-36(48(2)34-16-8-4-9-17-34)21-23-38(41)43(37)39-18-10-11-19-42(39)54(51,52)49-28-24-32(25-29-49)44(50)46-27-13-5-12-26-45;/h3-4,6-11,14-23,30-32H,5,12-13,24-29,45H2,1-2H3;1H. The Hall–Kier alpha value is -5.00. The Morgan fingerprint density at radius 3 is 1.80 bits per heavy atom. The molecule has 1 aliphatic heterocycles. The van der Waals surface area contributed by atoms with E-state index in [1.54, 1.807) is 12.1 Å². The number of halogens is 1. The Labute approximate surface area is 330 Å². The molecule has 3 N–H and O–H groups in total. The predicted octanol–water partition coefficient (Wildman–Crippen LogP) is 5.72. The molecule has 0 unspecified atom stereocenters. The summed E-state index contributed by atoms with van der Waals surface area (Å²) in [4.78, 5) is 17.4. The van der Waals surface area contributed by atoms with Crippen LogP contribution in [-0.2, 0) is 14.8 Å². The molecule has 2 heterocycles. The van der Waals surface area contributed by atoms with Crippen LogP contribution in [0.1, 0.15) is 32.1 Å². The molecule has 1 fully saturated rings. The van der Waals surface area contributed by atoms with Crippen molar-refractivity contribution in [2.45, 2.75) is 37.0 Å². The van der Waals surface area contributed by atoms with Crippen LogP contribution in [0, 0.1) is 5.92 Å². The molecule has 9 nitrogen and oxygen atoms in total. The Morgan fingerprint density at radius 1 is 0.727 bits per heavy atom. The molecule has 7 rings (SSSR count). The number of nitrogens with zero attached hydrogens (tertiary/aromatic N) is 3. The average molecular weight is 778 g/mol. The van der Waals surface area contributed by atoms with Gasteiger partial charge in [0.1, 0.15) is 0 Å². The van der Waals surface area contributed by atoms with Crippen molar-refractivity contribution in [3.8, 4) is 11.1 Å². The van der Waals surface area contributed by atoms with Crippen molar-refractivity contribution in [3.63, 3.8) is 0 Å². The van der Waals surface area contributed by atoms with E-state index in [9.17, 15) is 13.2 Å². The van der Waals surface area contributed by atoms with Crippen molar-refractivity contribution >= 4 is 60.6 Å². The third-order valence-corrected chi connectivity index (χ3v) is 12.5. The number of piperidine rings is 1. The van der Waals surface area contributed by atoms with Gasteiger partial charge in [-0.25, -0.2) is 12.8 Å². The molecular formula is C44H48ClN5O4S. The number of unbranched alkanes of at least 4 members (excludes halogenated alkanes) is 2. The van der Waals surface area contributed by atoms with Crippen molar-refractivity contribution in [1.29, 1.82) is 0 Å². The first-order chi connectivity index (χ1) is 26.3. The molecular weight excluding hydrogens is 730 g/mol. The van der Waals surface area contributed by atoms with Crippen molar-refractivity contribution < 1.29 is 30.0 Å². The van der Waals surface area contributed by atoms with E-state index in [1.165, 1.54) is 4.31 Å². The molecule has 5 aromatic carbocycles. The summed E-state index contributed by atoms with van der Waals surface area (Å²) in [7, 11) is 0.108. The molecule has 6 aromatic rings. The zero-order valence-electron chi connectivity index (χ0n) is 31.3. The molecule has 11 heteroatoms. The van der Waals surface area contributed by atoms with Gasteiger partial charge in [0.2, 0.25) is 15.9 Å². The van der Waals surface area contributed by atoms with Gasteiger partial charge >= 0.3 is 11.2 Å². The summed E-state index contributed by atoms with van der Waals surface area (Å²) >= 11 is 0. The minimum absolute atomic E-state index is 0. The first kappa shape index (κ1) is 39.7. The third-order valence-electron chi connectivity index (χ3n) is 10.5. The van der Waals surface area contributed by atoms with Gasteiger partial charge in [0.15, 0.2) is 0 Å². The molecule has 1 saturated heterocycles. The Balaban J connectivity index is 0.00000514. The van der Waals surface area contributed by atoms with E-state index in [-0.39, 0.29) is 42.2 Å². The maximum Gasteiger partial charge on any atom is 0.363 e. The molecule has 55 heavy (non-hydrogen) atoms. The second kappa shape index (κ2) is 17.6. The molecule has 286 valence electrons. The van der Waals surface area contributed by atoms with Gasteiger partial charge in [-0.2, -0.15) is 4.31 Å². The number of fused-ring (bicyclic) bond motifs is 2. The molecule has 0 radical (unpaired) electrons. The highest BCUT2D eigenvalue weighted by Gasteiger charge is 2.35. The number of para-hydroxylation sites is 2. The van der Waals surface area contributed by atoms with E-state index in [1.807, 2.05) is 99.0 Å². The van der Waals surface area contributed by atoms with Gasteiger partial charge in [0.25, 0.3) is 0 Å². The molecule has 0 bridgehead atoms. The number of carbonyl (C=O) groups excluding carboxylic acids is 1. The topological polar surface area (TPSA) is 110 Å². The zero-order valence-corrected chi connectivity index (χ0v) is 32.9. The predicted molar refractivity (Wildman–Crippen MR) is 220 cm³/mol. The fraction of sp³-hybridized carbons (Fsp3) is 0.273. The summed E-state index contributed by atoms with van der Waals surface area (Å²) in [6.07, 6.45) is 3.75. The first-order valence-electron chi connectivity index (χ1n) is 18.7. The second-order valence-corrected chi connectivity index (χ2v) is 15.8. The van der Waals surface area contributed by atoms with Gasteiger partial charge in [0, 0.05) is 62.1 Å². The summed E-state index contributed by atoms with van der Waals surface area (Å²) in [6.45, 7) is 1.82. The quantitative estimate of drug-likeness (QED) is 0.0878. The number of amides is 1. The van der Waals surface area contributed by atoms with Crippen LogP contribution < -0.4 is 33.3 Å². The number of anilines is 4. The Kier molecular flexibility index (Phi) is 12.7. The number of hydrogen-bond acceptors (Lipinski definition) is 6. The van der Waals surface area contributed by atoms with Crippen molar-refractivity contribution in [2.75, 3.05) is 50.1 Å². The zero-order chi connectivity index (χ0) is 37.7. The molecule has 1 amide bonds. The number of benzene rings is 5. The minimum Gasteiger partial charge on any atom is -1.00 e. The van der Waals surface area contributed by atoms with Crippen molar-refractivity contribution in [1.82, 2.24) is 9.62 Å². The maximum atomic E-state index is 14.6. The number of rotatable bonds is 13. The molecule has 0 atom stereocenters. The van der Waals surface area contributed by atoms with E-state index in [2.05, 4.69) is 39.4 Å². The van der Waals surface area contributed by atoms with E-state index in [0.29, 0.717) is 42.7 Å². The highest BCUT2D eigenvalue weighted by molar-refractivity contribution is 7.89. The third kappa shape index (κ3) is 8.48. The van der Waals surface area contributed by atoms with Gasteiger partial charge in [-0.3, -0.25) is 4.79 Å². The maximum absolute atomic E-state index is 14.6. The summed E-state index contributed by atoms with van der Waals surface area (Å²) in [5, 5.41) is 4.65. The lowest BCUT2D eigenvalue weighted by atomic mass is 9.96. The fourth-order valence-corrected chi connectivity index (χ4v) is 9.04. The molecule has 1 aromatic heterocycles. The van der Waals surface area contributed by atoms with Crippen LogP contribution >= 0.6 is 0 Å².